The van der Waals surface area contributed by atoms with E-state index in [9.17, 15) is 4.79 Å². The van der Waals surface area contributed by atoms with E-state index in [1.54, 1.807) is 6.92 Å². The molecule has 1 amide bonds. The van der Waals surface area contributed by atoms with Gasteiger partial charge in [0, 0.05) is 13.1 Å². The van der Waals surface area contributed by atoms with Crippen molar-refractivity contribution >= 4 is 18.3 Å². The van der Waals surface area contributed by atoms with Crippen LogP contribution in [-0.4, -0.2) is 30.5 Å². The maximum Gasteiger partial charge on any atom is 0.273 e. The summed E-state index contributed by atoms with van der Waals surface area (Å²) in [5.41, 5.74) is 1.63. The lowest BCUT2D eigenvalue weighted by Gasteiger charge is -2.14. The lowest BCUT2D eigenvalue weighted by atomic mass is 10.1. The van der Waals surface area contributed by atoms with Gasteiger partial charge in [0.05, 0.1) is 0 Å². The van der Waals surface area contributed by atoms with E-state index in [-0.39, 0.29) is 18.3 Å². The molecule has 2 N–H and O–H groups in total. The fraction of sp³-hybridized carbons (Fsp3) is 0.455. The van der Waals surface area contributed by atoms with Crippen molar-refractivity contribution in [3.8, 4) is 0 Å². The highest BCUT2D eigenvalue weighted by molar-refractivity contribution is 5.93. The molecular weight excluding hydrogens is 242 g/mol. The summed E-state index contributed by atoms with van der Waals surface area (Å²) >= 11 is 0. The Morgan fingerprint density at radius 1 is 1.65 bits per heavy atom. The summed E-state index contributed by atoms with van der Waals surface area (Å²) in [5.74, 6) is 0.377. The van der Waals surface area contributed by atoms with Crippen molar-refractivity contribution in [1.82, 2.24) is 15.6 Å². The fourth-order valence-corrected chi connectivity index (χ4v) is 1.63. The molecule has 0 atom stereocenters. The molecule has 0 radical (unpaired) electrons. The Kier molecular flexibility index (Phi) is 5.18. The fourth-order valence-electron chi connectivity index (χ4n) is 1.63. The number of carbonyl (C=O) groups excluding carboxylic acids is 1. The first kappa shape index (κ1) is 13.7. The molecule has 0 saturated heterocycles. The Labute approximate surface area is 106 Å². The number of hydrogen-bond donors (Lipinski definition) is 2. The Bertz CT molecular complexity index is 415. The van der Waals surface area contributed by atoms with Crippen LogP contribution in [0.5, 0.6) is 0 Å². The first-order chi connectivity index (χ1) is 7.77. The minimum absolute atomic E-state index is 0. The predicted octanol–water partition coefficient (Wildman–Crippen LogP) is 1.05. The quantitative estimate of drug-likeness (QED) is 0.795. The van der Waals surface area contributed by atoms with Crippen LogP contribution in [0.3, 0.4) is 0 Å². The second kappa shape index (κ2) is 6.42. The molecule has 94 valence electrons. The molecule has 0 spiro atoms. The highest BCUT2D eigenvalue weighted by Crippen LogP contribution is 2.06. The van der Waals surface area contributed by atoms with Gasteiger partial charge in [0.15, 0.2) is 12.1 Å². The van der Waals surface area contributed by atoms with E-state index in [2.05, 4.69) is 21.7 Å². The first-order valence-electron chi connectivity index (χ1n) is 5.34. The van der Waals surface area contributed by atoms with Gasteiger partial charge >= 0.3 is 0 Å². The summed E-state index contributed by atoms with van der Waals surface area (Å²) in [6.45, 7) is 4.18. The van der Waals surface area contributed by atoms with E-state index < -0.39 is 0 Å². The smallest absolute Gasteiger partial charge is 0.273 e. The van der Waals surface area contributed by atoms with Crippen LogP contribution in [0.1, 0.15) is 22.7 Å². The van der Waals surface area contributed by atoms with E-state index in [0.29, 0.717) is 18.0 Å². The number of amides is 1. The van der Waals surface area contributed by atoms with Gasteiger partial charge in [-0.1, -0.05) is 11.6 Å². The minimum Gasteiger partial charge on any atom is -0.448 e. The van der Waals surface area contributed by atoms with E-state index in [1.165, 1.54) is 12.0 Å². The van der Waals surface area contributed by atoms with Crippen LogP contribution < -0.4 is 10.6 Å². The predicted molar refractivity (Wildman–Crippen MR) is 66.4 cm³/mol. The average Bonchev–Trinajstić information content (AvgIpc) is 2.74. The molecule has 0 aromatic carbocycles. The average molecular weight is 258 g/mol. The molecule has 0 aliphatic carbocycles. The van der Waals surface area contributed by atoms with Gasteiger partial charge in [-0.3, -0.25) is 4.79 Å². The number of carbonyl (C=O) groups is 1. The number of hydrogen-bond acceptors (Lipinski definition) is 4. The minimum atomic E-state index is -0.175. The lowest BCUT2D eigenvalue weighted by Crippen LogP contribution is -2.30. The zero-order valence-corrected chi connectivity index (χ0v) is 10.5. The van der Waals surface area contributed by atoms with Gasteiger partial charge in [-0.05, 0) is 19.9 Å². The zero-order valence-electron chi connectivity index (χ0n) is 9.66. The van der Waals surface area contributed by atoms with Crippen LogP contribution in [0.25, 0.3) is 0 Å². The van der Waals surface area contributed by atoms with Gasteiger partial charge in [-0.2, -0.15) is 0 Å². The third-order valence-electron chi connectivity index (χ3n) is 2.59. The normalized spacial score (nSPS) is 14.8. The van der Waals surface area contributed by atoms with Gasteiger partial charge in [0.25, 0.3) is 5.91 Å². The molecule has 17 heavy (non-hydrogen) atoms. The van der Waals surface area contributed by atoms with Crippen molar-refractivity contribution in [3.63, 3.8) is 0 Å². The van der Waals surface area contributed by atoms with Gasteiger partial charge < -0.3 is 15.1 Å². The number of nitrogens with one attached hydrogen (secondary N) is 2. The van der Waals surface area contributed by atoms with Crippen molar-refractivity contribution in [3.05, 3.63) is 29.5 Å². The molecule has 0 saturated carbocycles. The van der Waals surface area contributed by atoms with E-state index >= 15 is 0 Å². The van der Waals surface area contributed by atoms with Crippen molar-refractivity contribution in [2.75, 3.05) is 19.6 Å². The van der Waals surface area contributed by atoms with E-state index in [4.69, 9.17) is 4.42 Å². The number of halogens is 1. The SMILES string of the molecule is Cc1ocnc1C(=O)NCC1=CCNCC1.Cl. The third kappa shape index (κ3) is 3.57. The van der Waals surface area contributed by atoms with Crippen LogP contribution in [0.15, 0.2) is 22.5 Å². The molecule has 0 bridgehead atoms. The number of aromatic nitrogens is 1. The van der Waals surface area contributed by atoms with Gasteiger partial charge in [0.1, 0.15) is 5.76 Å². The summed E-state index contributed by atoms with van der Waals surface area (Å²) < 4.78 is 4.98. The summed E-state index contributed by atoms with van der Waals surface area (Å²) in [5, 5.41) is 6.06. The maximum absolute atomic E-state index is 11.7. The van der Waals surface area contributed by atoms with Gasteiger partial charge in [0.2, 0.25) is 0 Å². The van der Waals surface area contributed by atoms with Crippen LogP contribution in [0.4, 0.5) is 0 Å². The Morgan fingerprint density at radius 3 is 3.06 bits per heavy atom. The van der Waals surface area contributed by atoms with Crippen molar-refractivity contribution in [1.29, 1.82) is 0 Å². The second-order valence-corrected chi connectivity index (χ2v) is 3.76. The number of oxazole rings is 1. The second-order valence-electron chi connectivity index (χ2n) is 3.76. The Balaban J connectivity index is 0.00000144. The monoisotopic (exact) mass is 257 g/mol. The molecule has 0 unspecified atom stereocenters. The largest absolute Gasteiger partial charge is 0.448 e. The number of aryl methyl sites for hydroxylation is 1. The molecular formula is C11H16ClN3O2. The summed E-state index contributed by atoms with van der Waals surface area (Å²) in [6.07, 6.45) is 4.38. The van der Waals surface area contributed by atoms with Gasteiger partial charge in [-0.25, -0.2) is 4.98 Å². The van der Waals surface area contributed by atoms with Gasteiger partial charge in [-0.15, -0.1) is 12.4 Å². The van der Waals surface area contributed by atoms with Crippen molar-refractivity contribution < 1.29 is 9.21 Å². The molecule has 1 aliphatic heterocycles. The topological polar surface area (TPSA) is 67.2 Å². The molecule has 5 nitrogen and oxygen atoms in total. The standard InChI is InChI=1S/C11H15N3O2.ClH/c1-8-10(14-7-16-8)11(15)13-6-9-2-4-12-5-3-9;/h2,7,12H,3-6H2,1H3,(H,13,15);1H. The van der Waals surface area contributed by atoms with Crippen LogP contribution in [0.2, 0.25) is 0 Å². The molecule has 1 aliphatic rings. The van der Waals surface area contributed by atoms with Crippen molar-refractivity contribution in [2.24, 2.45) is 0 Å². The molecule has 2 heterocycles. The summed E-state index contributed by atoms with van der Waals surface area (Å²) in [4.78, 5) is 15.6. The number of nitrogens with zero attached hydrogens (tertiary/aromatic N) is 1. The Hall–Kier alpha value is -1.33. The summed E-state index contributed by atoms with van der Waals surface area (Å²) in [6, 6.07) is 0. The molecule has 1 aromatic heterocycles. The van der Waals surface area contributed by atoms with Crippen molar-refractivity contribution in [2.45, 2.75) is 13.3 Å². The maximum atomic E-state index is 11.7. The van der Waals surface area contributed by atoms with Crippen LogP contribution in [-0.2, 0) is 0 Å². The molecule has 6 heteroatoms. The summed E-state index contributed by atoms with van der Waals surface area (Å²) in [7, 11) is 0. The molecule has 0 fully saturated rings. The number of rotatable bonds is 3. The zero-order chi connectivity index (χ0) is 11.4. The highest BCUT2D eigenvalue weighted by Gasteiger charge is 2.13. The van der Waals surface area contributed by atoms with E-state index in [0.717, 1.165) is 19.5 Å². The highest BCUT2D eigenvalue weighted by atomic mass is 35.5. The van der Waals surface area contributed by atoms with Crippen LogP contribution >= 0.6 is 12.4 Å². The molecule has 2 rings (SSSR count). The van der Waals surface area contributed by atoms with Crippen LogP contribution in [0, 0.1) is 6.92 Å². The molecule has 1 aromatic rings. The Morgan fingerprint density at radius 2 is 2.47 bits per heavy atom. The van der Waals surface area contributed by atoms with E-state index in [1.807, 2.05) is 0 Å². The first-order valence-corrected chi connectivity index (χ1v) is 5.34. The lowest BCUT2D eigenvalue weighted by molar-refractivity contribution is 0.0951. The third-order valence-corrected chi connectivity index (χ3v) is 2.59.